The zero-order valence-corrected chi connectivity index (χ0v) is 19.2. The first-order valence-corrected chi connectivity index (χ1v) is 11.1. The van der Waals surface area contributed by atoms with Gasteiger partial charge in [-0.3, -0.25) is 9.59 Å². The van der Waals surface area contributed by atoms with Crippen molar-refractivity contribution >= 4 is 23.2 Å². The van der Waals surface area contributed by atoms with Crippen LogP contribution >= 0.6 is 0 Å². The third kappa shape index (κ3) is 4.91. The lowest BCUT2D eigenvalue weighted by atomic mass is 10.1. The van der Waals surface area contributed by atoms with Gasteiger partial charge in [-0.1, -0.05) is 24.3 Å². The van der Waals surface area contributed by atoms with Crippen LogP contribution in [-0.2, 0) is 4.74 Å². The van der Waals surface area contributed by atoms with Gasteiger partial charge < -0.3 is 20.3 Å². The Balaban J connectivity index is 1.48. The van der Waals surface area contributed by atoms with Crippen molar-refractivity contribution in [3.05, 3.63) is 94.5 Å². The smallest absolute Gasteiger partial charge is 0.256 e. The normalized spacial score (nSPS) is 14.8. The molecule has 0 saturated heterocycles. The van der Waals surface area contributed by atoms with E-state index in [9.17, 15) is 9.59 Å². The van der Waals surface area contributed by atoms with Gasteiger partial charge in [0.25, 0.3) is 11.8 Å². The molecule has 0 saturated carbocycles. The van der Waals surface area contributed by atoms with Gasteiger partial charge in [-0.15, -0.1) is 0 Å². The van der Waals surface area contributed by atoms with Crippen LogP contribution in [0, 0.1) is 13.8 Å². The molecule has 3 aromatic carbocycles. The van der Waals surface area contributed by atoms with Crippen molar-refractivity contribution in [2.24, 2.45) is 0 Å². The molecule has 1 heterocycles. The number of fused-ring (bicyclic) bond motifs is 1. The molecule has 1 aliphatic rings. The molecule has 33 heavy (non-hydrogen) atoms. The summed E-state index contributed by atoms with van der Waals surface area (Å²) in [5, 5.41) is 6.42. The fraction of sp³-hybridized carbons (Fsp3) is 0.259. The van der Waals surface area contributed by atoms with Gasteiger partial charge in [0, 0.05) is 48.3 Å². The number of benzene rings is 3. The molecular weight excluding hydrogens is 414 g/mol. The fourth-order valence-corrected chi connectivity index (χ4v) is 4.03. The number of carbonyl (C=O) groups is 2. The maximum absolute atomic E-state index is 12.9. The van der Waals surface area contributed by atoms with Crippen LogP contribution in [0.3, 0.4) is 0 Å². The van der Waals surface area contributed by atoms with Crippen LogP contribution < -0.4 is 10.6 Å². The van der Waals surface area contributed by atoms with E-state index in [1.807, 2.05) is 73.3 Å². The number of nitrogens with zero attached hydrogens (tertiary/aromatic N) is 1. The number of methoxy groups -OCH3 is 1. The molecule has 6 heteroatoms. The Bertz CT molecular complexity index is 1160. The zero-order chi connectivity index (χ0) is 23.4. The van der Waals surface area contributed by atoms with Crippen LogP contribution in [0.25, 0.3) is 0 Å². The SMILES string of the molecule is COCCCN1C(=O)c2ccccc2C1Nc1ccc(C(=O)Nc2ccc(C)c(C)c2)cc1. The summed E-state index contributed by atoms with van der Waals surface area (Å²) in [7, 11) is 1.66. The van der Waals surface area contributed by atoms with Crippen LogP contribution in [0.5, 0.6) is 0 Å². The number of anilines is 2. The lowest BCUT2D eigenvalue weighted by Gasteiger charge is -2.27. The van der Waals surface area contributed by atoms with E-state index in [0.717, 1.165) is 34.5 Å². The Morgan fingerprint density at radius 2 is 1.70 bits per heavy atom. The Morgan fingerprint density at radius 3 is 2.42 bits per heavy atom. The van der Waals surface area contributed by atoms with E-state index in [2.05, 4.69) is 10.6 Å². The molecule has 3 aromatic rings. The average molecular weight is 444 g/mol. The third-order valence-electron chi connectivity index (χ3n) is 6.02. The van der Waals surface area contributed by atoms with E-state index in [1.165, 1.54) is 5.56 Å². The topological polar surface area (TPSA) is 70.7 Å². The Hall–Kier alpha value is -3.64. The maximum atomic E-state index is 12.9. The second-order valence-electron chi connectivity index (χ2n) is 8.31. The van der Waals surface area contributed by atoms with E-state index in [1.54, 1.807) is 19.2 Å². The average Bonchev–Trinajstić information content (AvgIpc) is 3.08. The molecule has 1 atom stereocenters. The fourth-order valence-electron chi connectivity index (χ4n) is 4.03. The van der Waals surface area contributed by atoms with Gasteiger partial charge in [0.15, 0.2) is 0 Å². The summed E-state index contributed by atoms with van der Waals surface area (Å²) in [4.78, 5) is 27.5. The summed E-state index contributed by atoms with van der Waals surface area (Å²) in [6.45, 7) is 5.25. The minimum atomic E-state index is -0.263. The minimum Gasteiger partial charge on any atom is -0.385 e. The van der Waals surface area contributed by atoms with Crippen molar-refractivity contribution in [3.8, 4) is 0 Å². The summed E-state index contributed by atoms with van der Waals surface area (Å²) < 4.78 is 5.16. The van der Waals surface area contributed by atoms with Crippen molar-refractivity contribution in [1.82, 2.24) is 4.90 Å². The number of hydrogen-bond acceptors (Lipinski definition) is 4. The number of aryl methyl sites for hydroxylation is 2. The zero-order valence-electron chi connectivity index (χ0n) is 19.2. The second-order valence-corrected chi connectivity index (χ2v) is 8.31. The number of hydrogen-bond donors (Lipinski definition) is 2. The number of nitrogens with one attached hydrogen (secondary N) is 2. The second kappa shape index (κ2) is 9.88. The number of amides is 2. The third-order valence-corrected chi connectivity index (χ3v) is 6.02. The summed E-state index contributed by atoms with van der Waals surface area (Å²) in [5.41, 5.74) is 6.18. The molecule has 0 fully saturated rings. The number of ether oxygens (including phenoxy) is 1. The minimum absolute atomic E-state index is 0.0172. The highest BCUT2D eigenvalue weighted by atomic mass is 16.5. The summed E-state index contributed by atoms with van der Waals surface area (Å²) in [6, 6.07) is 20.9. The van der Waals surface area contributed by atoms with Crippen LogP contribution in [0.2, 0.25) is 0 Å². The highest BCUT2D eigenvalue weighted by Crippen LogP contribution is 2.34. The highest BCUT2D eigenvalue weighted by molar-refractivity contribution is 6.04. The van der Waals surface area contributed by atoms with Gasteiger partial charge in [0.05, 0.1) is 0 Å². The van der Waals surface area contributed by atoms with E-state index < -0.39 is 0 Å². The first-order valence-electron chi connectivity index (χ1n) is 11.1. The standard InChI is InChI=1S/C27H29N3O3/c1-18-9-12-22(17-19(18)2)29-26(31)20-10-13-21(14-11-20)28-25-23-7-4-5-8-24(23)27(32)30(25)15-6-16-33-3/h4-5,7-14,17,25,28H,6,15-16H2,1-3H3,(H,29,31). The first kappa shape index (κ1) is 22.6. The molecule has 4 rings (SSSR count). The van der Waals surface area contributed by atoms with Crippen LogP contribution in [-0.4, -0.2) is 37.0 Å². The Labute approximate surface area is 194 Å². The number of rotatable bonds is 8. The van der Waals surface area contributed by atoms with Crippen molar-refractivity contribution in [2.75, 3.05) is 30.9 Å². The van der Waals surface area contributed by atoms with E-state index in [4.69, 9.17) is 4.74 Å². The van der Waals surface area contributed by atoms with Gasteiger partial charge in [-0.2, -0.15) is 0 Å². The quantitative estimate of drug-likeness (QED) is 0.472. The van der Waals surface area contributed by atoms with Crippen LogP contribution in [0.15, 0.2) is 66.7 Å². The predicted molar refractivity (Wildman–Crippen MR) is 131 cm³/mol. The molecule has 0 aliphatic carbocycles. The van der Waals surface area contributed by atoms with E-state index >= 15 is 0 Å². The van der Waals surface area contributed by atoms with Crippen molar-refractivity contribution in [1.29, 1.82) is 0 Å². The predicted octanol–water partition coefficient (Wildman–Crippen LogP) is 5.16. The van der Waals surface area contributed by atoms with Gasteiger partial charge in [0.2, 0.25) is 0 Å². The lowest BCUT2D eigenvalue weighted by molar-refractivity contribution is 0.0721. The van der Waals surface area contributed by atoms with Crippen molar-refractivity contribution < 1.29 is 14.3 Å². The monoisotopic (exact) mass is 443 g/mol. The molecule has 0 aromatic heterocycles. The Morgan fingerprint density at radius 1 is 0.970 bits per heavy atom. The first-order chi connectivity index (χ1) is 16.0. The molecule has 0 spiro atoms. The maximum Gasteiger partial charge on any atom is 0.256 e. The van der Waals surface area contributed by atoms with Gasteiger partial charge in [0.1, 0.15) is 6.17 Å². The van der Waals surface area contributed by atoms with E-state index in [-0.39, 0.29) is 18.0 Å². The number of carbonyl (C=O) groups excluding carboxylic acids is 2. The van der Waals surface area contributed by atoms with Crippen LogP contribution in [0.4, 0.5) is 11.4 Å². The molecule has 2 N–H and O–H groups in total. The van der Waals surface area contributed by atoms with Gasteiger partial charge in [-0.05, 0) is 73.9 Å². The molecule has 2 amide bonds. The molecule has 0 radical (unpaired) electrons. The largest absolute Gasteiger partial charge is 0.385 e. The van der Waals surface area contributed by atoms with Crippen molar-refractivity contribution in [3.63, 3.8) is 0 Å². The highest BCUT2D eigenvalue weighted by Gasteiger charge is 2.35. The lowest BCUT2D eigenvalue weighted by Crippen LogP contribution is -2.33. The molecule has 170 valence electrons. The van der Waals surface area contributed by atoms with Crippen LogP contribution in [0.1, 0.15) is 50.0 Å². The van der Waals surface area contributed by atoms with E-state index in [0.29, 0.717) is 18.7 Å². The molecule has 6 nitrogen and oxygen atoms in total. The molecule has 1 unspecified atom stereocenters. The summed E-state index contributed by atoms with van der Waals surface area (Å²) >= 11 is 0. The summed E-state index contributed by atoms with van der Waals surface area (Å²) in [6.07, 6.45) is 0.493. The molecule has 1 aliphatic heterocycles. The Kier molecular flexibility index (Phi) is 6.75. The molecular formula is C27H29N3O3. The molecule has 0 bridgehead atoms. The van der Waals surface area contributed by atoms with Gasteiger partial charge >= 0.3 is 0 Å². The van der Waals surface area contributed by atoms with Gasteiger partial charge in [-0.25, -0.2) is 0 Å². The van der Waals surface area contributed by atoms with Crippen molar-refractivity contribution in [2.45, 2.75) is 26.4 Å². The summed E-state index contributed by atoms with van der Waals surface area (Å²) in [5.74, 6) is -0.143.